The third-order valence-electron chi connectivity index (χ3n) is 4.67. The van der Waals surface area contributed by atoms with Gasteiger partial charge < -0.3 is 14.2 Å². The Bertz CT molecular complexity index is 1150. The van der Waals surface area contributed by atoms with E-state index in [-0.39, 0.29) is 16.4 Å². The van der Waals surface area contributed by atoms with E-state index < -0.39 is 10.0 Å². The molecule has 0 atom stereocenters. The van der Waals surface area contributed by atoms with E-state index in [0.29, 0.717) is 29.4 Å². The van der Waals surface area contributed by atoms with Gasteiger partial charge in [0.05, 0.1) is 29.9 Å². The molecule has 2 aromatic carbocycles. The molecule has 1 heterocycles. The average molecular weight is 429 g/mol. The van der Waals surface area contributed by atoms with Gasteiger partial charge >= 0.3 is 0 Å². The van der Waals surface area contributed by atoms with Crippen molar-refractivity contribution in [3.05, 3.63) is 71.1 Å². The van der Waals surface area contributed by atoms with Crippen molar-refractivity contribution in [2.24, 2.45) is 0 Å². The molecule has 30 heavy (non-hydrogen) atoms. The smallest absolute Gasteiger partial charge is 0.262 e. The summed E-state index contributed by atoms with van der Waals surface area (Å²) in [6, 6.07) is 12.6. The van der Waals surface area contributed by atoms with E-state index in [1.807, 2.05) is 0 Å². The molecule has 0 aliphatic rings. The zero-order valence-electron chi connectivity index (χ0n) is 17.2. The molecule has 1 N–H and O–H groups in total. The number of aryl methyl sites for hydroxylation is 2. The molecule has 1 amide bonds. The molecule has 158 valence electrons. The van der Waals surface area contributed by atoms with E-state index >= 15 is 0 Å². The van der Waals surface area contributed by atoms with E-state index in [1.54, 1.807) is 51.2 Å². The minimum Gasteiger partial charge on any atom is -0.495 e. The third kappa shape index (κ3) is 4.46. The average Bonchev–Trinajstić information content (AvgIpc) is 3.05. The molecule has 3 aromatic rings. The van der Waals surface area contributed by atoms with Crippen LogP contribution in [0.5, 0.6) is 5.75 Å². The number of carbonyl (C=O) groups excluding carboxylic acids is 1. The zero-order chi connectivity index (χ0) is 21.9. The fraction of sp³-hybridized carbons (Fsp3) is 0.238. The molecule has 8 nitrogen and oxygen atoms in total. The fourth-order valence-electron chi connectivity index (χ4n) is 2.99. The van der Waals surface area contributed by atoms with Crippen LogP contribution in [0, 0.1) is 13.8 Å². The van der Waals surface area contributed by atoms with Gasteiger partial charge in [0, 0.05) is 18.2 Å². The Morgan fingerprint density at radius 1 is 1.17 bits per heavy atom. The molecule has 0 bridgehead atoms. The number of nitrogens with one attached hydrogen (secondary N) is 1. The highest BCUT2D eigenvalue weighted by Gasteiger charge is 2.21. The van der Waals surface area contributed by atoms with Crippen molar-refractivity contribution in [1.82, 2.24) is 10.1 Å². The first-order valence-electron chi connectivity index (χ1n) is 9.16. The maximum Gasteiger partial charge on any atom is 0.262 e. The molecular formula is C21H23N3O5S. The lowest BCUT2D eigenvalue weighted by Gasteiger charge is -2.18. The minimum absolute atomic E-state index is 0.0232. The summed E-state index contributed by atoms with van der Waals surface area (Å²) in [4.78, 5) is 14.3. The molecule has 0 aliphatic carbocycles. The Morgan fingerprint density at radius 3 is 2.57 bits per heavy atom. The van der Waals surface area contributed by atoms with Crippen LogP contribution < -0.4 is 9.46 Å². The van der Waals surface area contributed by atoms with Crippen LogP contribution in [0.4, 0.5) is 5.69 Å². The summed E-state index contributed by atoms with van der Waals surface area (Å²) >= 11 is 0. The van der Waals surface area contributed by atoms with Crippen molar-refractivity contribution in [2.45, 2.75) is 25.3 Å². The summed E-state index contributed by atoms with van der Waals surface area (Å²) in [6.07, 6.45) is 0. The summed E-state index contributed by atoms with van der Waals surface area (Å²) < 4.78 is 38.5. The first-order valence-corrected chi connectivity index (χ1v) is 10.6. The van der Waals surface area contributed by atoms with Gasteiger partial charge in [-0.05, 0) is 44.2 Å². The lowest BCUT2D eigenvalue weighted by Crippen LogP contribution is -2.27. The van der Waals surface area contributed by atoms with Crippen molar-refractivity contribution in [3.8, 4) is 5.75 Å². The van der Waals surface area contributed by atoms with E-state index in [2.05, 4.69) is 9.88 Å². The highest BCUT2D eigenvalue weighted by Crippen LogP contribution is 2.26. The van der Waals surface area contributed by atoms with E-state index in [0.717, 1.165) is 5.56 Å². The number of benzene rings is 2. The molecule has 0 aliphatic heterocycles. The van der Waals surface area contributed by atoms with Gasteiger partial charge in [0.25, 0.3) is 15.9 Å². The number of rotatable bonds is 7. The van der Waals surface area contributed by atoms with Gasteiger partial charge in [-0.1, -0.05) is 23.4 Å². The second-order valence-corrected chi connectivity index (χ2v) is 8.48. The summed E-state index contributed by atoms with van der Waals surface area (Å²) in [6.45, 7) is 3.89. The van der Waals surface area contributed by atoms with Crippen molar-refractivity contribution in [1.29, 1.82) is 0 Å². The zero-order valence-corrected chi connectivity index (χ0v) is 18.0. The van der Waals surface area contributed by atoms with Gasteiger partial charge in [0.1, 0.15) is 11.5 Å². The predicted octanol–water partition coefficient (Wildman–Crippen LogP) is 3.37. The number of aromatic nitrogens is 1. The van der Waals surface area contributed by atoms with Crippen LogP contribution in [0.2, 0.25) is 0 Å². The number of carbonyl (C=O) groups is 1. The van der Waals surface area contributed by atoms with Gasteiger partial charge in [-0.25, -0.2) is 8.42 Å². The van der Waals surface area contributed by atoms with Crippen molar-refractivity contribution in [3.63, 3.8) is 0 Å². The SMILES string of the molecule is COc1ccccc1NS(=O)(=O)c1cccc(C(=O)N(C)Cc2c(C)noc2C)c1. The van der Waals surface area contributed by atoms with Gasteiger partial charge in [-0.15, -0.1) is 0 Å². The number of hydrogen-bond acceptors (Lipinski definition) is 6. The van der Waals surface area contributed by atoms with Gasteiger partial charge in [-0.2, -0.15) is 0 Å². The molecule has 9 heteroatoms. The normalized spacial score (nSPS) is 11.2. The van der Waals surface area contributed by atoms with Crippen LogP contribution >= 0.6 is 0 Å². The molecule has 0 radical (unpaired) electrons. The Balaban J connectivity index is 1.83. The number of hydrogen-bond donors (Lipinski definition) is 1. The predicted molar refractivity (Wildman–Crippen MR) is 112 cm³/mol. The lowest BCUT2D eigenvalue weighted by atomic mass is 10.1. The second kappa shape index (κ2) is 8.58. The number of amides is 1. The molecule has 0 saturated carbocycles. The Labute approximate surface area is 175 Å². The topological polar surface area (TPSA) is 102 Å². The Hall–Kier alpha value is -3.33. The molecule has 3 rings (SSSR count). The Morgan fingerprint density at radius 2 is 1.90 bits per heavy atom. The van der Waals surface area contributed by atoms with Crippen LogP contribution in [-0.2, 0) is 16.6 Å². The first kappa shape index (κ1) is 21.4. The lowest BCUT2D eigenvalue weighted by molar-refractivity contribution is 0.0784. The number of anilines is 1. The summed E-state index contributed by atoms with van der Waals surface area (Å²) in [5, 5.41) is 3.89. The molecule has 0 saturated heterocycles. The number of para-hydroxylation sites is 2. The molecule has 1 aromatic heterocycles. The van der Waals surface area contributed by atoms with Crippen LogP contribution in [0.3, 0.4) is 0 Å². The van der Waals surface area contributed by atoms with Crippen LogP contribution in [0.1, 0.15) is 27.4 Å². The van der Waals surface area contributed by atoms with E-state index in [9.17, 15) is 13.2 Å². The monoisotopic (exact) mass is 429 g/mol. The van der Waals surface area contributed by atoms with Gasteiger partial charge in [-0.3, -0.25) is 9.52 Å². The standard InChI is InChI=1S/C21H23N3O5S/c1-14-18(15(2)29-22-14)13-24(3)21(25)16-8-7-9-17(12-16)30(26,27)23-19-10-5-6-11-20(19)28-4/h5-12,23H,13H2,1-4H3. The highest BCUT2D eigenvalue weighted by atomic mass is 32.2. The van der Waals surface area contributed by atoms with Crippen molar-refractivity contribution < 1.29 is 22.5 Å². The first-order chi connectivity index (χ1) is 14.2. The van der Waals surface area contributed by atoms with Crippen molar-refractivity contribution >= 4 is 21.6 Å². The number of methoxy groups -OCH3 is 1. The number of sulfonamides is 1. The quantitative estimate of drug-likeness (QED) is 0.618. The maximum atomic E-state index is 12.9. The van der Waals surface area contributed by atoms with Gasteiger partial charge in [0.2, 0.25) is 0 Å². The largest absolute Gasteiger partial charge is 0.495 e. The van der Waals surface area contributed by atoms with Crippen molar-refractivity contribution in [2.75, 3.05) is 18.9 Å². The van der Waals surface area contributed by atoms with Crippen LogP contribution in [0.25, 0.3) is 0 Å². The molecule has 0 unspecified atom stereocenters. The Kier molecular flexibility index (Phi) is 6.12. The number of ether oxygens (including phenoxy) is 1. The van der Waals surface area contributed by atoms with E-state index in [4.69, 9.17) is 9.26 Å². The summed E-state index contributed by atoms with van der Waals surface area (Å²) in [5.74, 6) is 0.723. The summed E-state index contributed by atoms with van der Waals surface area (Å²) in [7, 11) is -0.816. The highest BCUT2D eigenvalue weighted by molar-refractivity contribution is 7.92. The minimum atomic E-state index is -3.92. The fourth-order valence-corrected chi connectivity index (χ4v) is 4.10. The maximum absolute atomic E-state index is 12.9. The van der Waals surface area contributed by atoms with Crippen LogP contribution in [0.15, 0.2) is 57.9 Å². The van der Waals surface area contributed by atoms with Crippen LogP contribution in [-0.4, -0.2) is 38.5 Å². The molecule has 0 fully saturated rings. The summed E-state index contributed by atoms with van der Waals surface area (Å²) in [5.41, 5.74) is 2.11. The molecule has 0 spiro atoms. The third-order valence-corrected chi connectivity index (χ3v) is 6.03. The second-order valence-electron chi connectivity index (χ2n) is 6.80. The molecular weight excluding hydrogens is 406 g/mol. The van der Waals surface area contributed by atoms with E-state index in [1.165, 1.54) is 30.2 Å². The van der Waals surface area contributed by atoms with Gasteiger partial charge in [0.15, 0.2) is 0 Å². The number of nitrogens with zero attached hydrogens (tertiary/aromatic N) is 2.